The highest BCUT2D eigenvalue weighted by atomic mass is 32.1. The Hall–Kier alpha value is -2.18. The van der Waals surface area contributed by atoms with Crippen LogP contribution in [0.1, 0.15) is 24.8 Å². The van der Waals surface area contributed by atoms with Crippen molar-refractivity contribution in [3.8, 4) is 10.4 Å². The van der Waals surface area contributed by atoms with E-state index in [2.05, 4.69) is 56.7 Å². The molecule has 0 aliphatic carbocycles. The molecule has 1 aliphatic heterocycles. The van der Waals surface area contributed by atoms with Gasteiger partial charge in [-0.15, -0.1) is 11.3 Å². The van der Waals surface area contributed by atoms with Gasteiger partial charge in [0.1, 0.15) is 6.54 Å². The molecule has 6 heteroatoms. The number of carbonyl (C=O) groups excluding carboxylic acids is 2. The molecular formula is C20H24N2O3S. The number of carbonyl (C=O) groups is 2. The van der Waals surface area contributed by atoms with Crippen molar-refractivity contribution in [2.75, 3.05) is 20.2 Å². The number of rotatable bonds is 6. The fraction of sp³-hybridized carbons (Fsp3) is 0.400. The number of likely N-dealkylation sites (tertiary alicyclic amines) is 1. The normalized spacial score (nSPS) is 17.7. The third-order valence-electron chi connectivity index (χ3n) is 4.70. The zero-order chi connectivity index (χ0) is 18.4. The quantitative estimate of drug-likeness (QED) is 0.792. The number of esters is 1. The summed E-state index contributed by atoms with van der Waals surface area (Å²) in [6.07, 6.45) is 2.94. The SMILES string of the molecule is COC(=O)CNC(=O)C1CCCCN1Cc1ccc(-c2cccs2)cc1. The number of nitrogens with zero attached hydrogens (tertiary/aromatic N) is 1. The summed E-state index contributed by atoms with van der Waals surface area (Å²) in [5, 5.41) is 4.77. The first kappa shape index (κ1) is 18.6. The lowest BCUT2D eigenvalue weighted by Crippen LogP contribution is -2.50. The molecule has 1 amide bonds. The Morgan fingerprint density at radius 2 is 2.04 bits per heavy atom. The van der Waals surface area contributed by atoms with Crippen LogP contribution in [0.15, 0.2) is 41.8 Å². The van der Waals surface area contributed by atoms with Crippen molar-refractivity contribution in [1.29, 1.82) is 0 Å². The molecule has 1 aromatic heterocycles. The molecule has 1 atom stereocenters. The van der Waals surface area contributed by atoms with Crippen LogP contribution in [0.4, 0.5) is 0 Å². The number of methoxy groups -OCH3 is 1. The van der Waals surface area contributed by atoms with Crippen molar-refractivity contribution in [3.05, 3.63) is 47.3 Å². The van der Waals surface area contributed by atoms with Crippen LogP contribution in [-0.2, 0) is 20.9 Å². The monoisotopic (exact) mass is 372 g/mol. The zero-order valence-electron chi connectivity index (χ0n) is 14.9. The van der Waals surface area contributed by atoms with Gasteiger partial charge >= 0.3 is 5.97 Å². The minimum absolute atomic E-state index is 0.0742. The Kier molecular flexibility index (Phi) is 6.41. The van der Waals surface area contributed by atoms with Crippen LogP contribution in [0.2, 0.25) is 0 Å². The number of piperidine rings is 1. The Morgan fingerprint density at radius 3 is 2.73 bits per heavy atom. The fourth-order valence-corrected chi connectivity index (χ4v) is 4.01. The summed E-state index contributed by atoms with van der Waals surface area (Å²) in [5.41, 5.74) is 2.41. The van der Waals surface area contributed by atoms with Crippen LogP contribution < -0.4 is 5.32 Å². The number of benzene rings is 1. The maximum atomic E-state index is 12.5. The molecule has 1 saturated heterocycles. The van der Waals surface area contributed by atoms with Gasteiger partial charge in [-0.25, -0.2) is 0 Å². The topological polar surface area (TPSA) is 58.6 Å². The van der Waals surface area contributed by atoms with Gasteiger partial charge in [-0.3, -0.25) is 14.5 Å². The van der Waals surface area contributed by atoms with E-state index in [9.17, 15) is 9.59 Å². The van der Waals surface area contributed by atoms with Crippen LogP contribution in [0.25, 0.3) is 10.4 Å². The molecule has 1 aromatic carbocycles. The van der Waals surface area contributed by atoms with Crippen molar-refractivity contribution in [3.63, 3.8) is 0 Å². The molecule has 0 saturated carbocycles. The second-order valence-corrected chi connectivity index (χ2v) is 7.40. The van der Waals surface area contributed by atoms with Gasteiger partial charge in [0, 0.05) is 11.4 Å². The molecule has 2 heterocycles. The van der Waals surface area contributed by atoms with E-state index in [4.69, 9.17) is 0 Å². The third-order valence-corrected chi connectivity index (χ3v) is 5.62. The largest absolute Gasteiger partial charge is 0.468 e. The zero-order valence-corrected chi connectivity index (χ0v) is 15.8. The molecule has 5 nitrogen and oxygen atoms in total. The van der Waals surface area contributed by atoms with E-state index < -0.39 is 5.97 Å². The molecule has 26 heavy (non-hydrogen) atoms. The van der Waals surface area contributed by atoms with Gasteiger partial charge < -0.3 is 10.1 Å². The third kappa shape index (κ3) is 4.71. The molecule has 1 aliphatic rings. The second-order valence-electron chi connectivity index (χ2n) is 6.45. The van der Waals surface area contributed by atoms with Gasteiger partial charge in [-0.1, -0.05) is 36.8 Å². The van der Waals surface area contributed by atoms with Crippen LogP contribution >= 0.6 is 11.3 Å². The van der Waals surface area contributed by atoms with E-state index in [1.54, 1.807) is 11.3 Å². The first-order valence-corrected chi connectivity index (χ1v) is 9.77. The molecule has 1 unspecified atom stereocenters. The average Bonchev–Trinajstić information content (AvgIpc) is 3.21. The van der Waals surface area contributed by atoms with E-state index in [0.717, 1.165) is 32.4 Å². The van der Waals surface area contributed by atoms with Crippen molar-refractivity contribution < 1.29 is 14.3 Å². The number of amides is 1. The molecule has 0 bridgehead atoms. The minimum Gasteiger partial charge on any atom is -0.468 e. The van der Waals surface area contributed by atoms with Gasteiger partial charge in [-0.05, 0) is 42.0 Å². The van der Waals surface area contributed by atoms with E-state index in [1.807, 2.05) is 0 Å². The average molecular weight is 372 g/mol. The second kappa shape index (κ2) is 8.96. The standard InChI is InChI=1S/C20H24N2O3S/c1-25-19(23)13-21-20(24)17-5-2-3-11-22(17)14-15-7-9-16(10-8-15)18-6-4-12-26-18/h4,6-10,12,17H,2-3,5,11,13-14H2,1H3,(H,21,24). The van der Waals surface area contributed by atoms with E-state index in [0.29, 0.717) is 0 Å². The number of nitrogens with one attached hydrogen (secondary N) is 1. The summed E-state index contributed by atoms with van der Waals surface area (Å²) in [6.45, 7) is 1.55. The van der Waals surface area contributed by atoms with Gasteiger partial charge in [0.2, 0.25) is 5.91 Å². The molecule has 0 radical (unpaired) electrons. The summed E-state index contributed by atoms with van der Waals surface area (Å²) in [5.74, 6) is -0.518. The lowest BCUT2D eigenvalue weighted by atomic mass is 10.00. The predicted molar refractivity (Wildman–Crippen MR) is 103 cm³/mol. The maximum Gasteiger partial charge on any atom is 0.325 e. The maximum absolute atomic E-state index is 12.5. The lowest BCUT2D eigenvalue weighted by Gasteiger charge is -2.34. The number of thiophene rings is 1. The molecule has 2 aromatic rings. The highest BCUT2D eigenvalue weighted by Gasteiger charge is 2.28. The lowest BCUT2D eigenvalue weighted by molar-refractivity contribution is -0.142. The van der Waals surface area contributed by atoms with Crippen molar-refractivity contribution >= 4 is 23.2 Å². The predicted octanol–water partition coefficient (Wildman–Crippen LogP) is 3.06. The van der Waals surface area contributed by atoms with Gasteiger partial charge in [0.05, 0.1) is 13.2 Å². The van der Waals surface area contributed by atoms with Crippen molar-refractivity contribution in [1.82, 2.24) is 10.2 Å². The summed E-state index contributed by atoms with van der Waals surface area (Å²) in [7, 11) is 1.32. The summed E-state index contributed by atoms with van der Waals surface area (Å²) >= 11 is 1.73. The number of hydrogen-bond donors (Lipinski definition) is 1. The molecule has 1 fully saturated rings. The molecule has 3 rings (SSSR count). The number of ether oxygens (including phenoxy) is 1. The van der Waals surface area contributed by atoms with E-state index >= 15 is 0 Å². The van der Waals surface area contributed by atoms with E-state index in [-0.39, 0.29) is 18.5 Å². The first-order chi connectivity index (χ1) is 12.7. The Balaban J connectivity index is 1.62. The molecule has 1 N–H and O–H groups in total. The van der Waals surface area contributed by atoms with Crippen molar-refractivity contribution in [2.45, 2.75) is 31.8 Å². The number of hydrogen-bond acceptors (Lipinski definition) is 5. The van der Waals surface area contributed by atoms with Gasteiger partial charge in [-0.2, -0.15) is 0 Å². The Bertz CT molecular complexity index is 728. The Morgan fingerprint density at radius 1 is 1.23 bits per heavy atom. The van der Waals surface area contributed by atoms with Gasteiger partial charge in [0.25, 0.3) is 0 Å². The smallest absolute Gasteiger partial charge is 0.325 e. The summed E-state index contributed by atoms with van der Waals surface area (Å²) in [6, 6.07) is 12.5. The molecule has 138 valence electrons. The highest BCUT2D eigenvalue weighted by molar-refractivity contribution is 7.13. The van der Waals surface area contributed by atoms with Crippen LogP contribution in [0, 0.1) is 0 Å². The molecule has 0 spiro atoms. The van der Waals surface area contributed by atoms with E-state index in [1.165, 1.54) is 23.1 Å². The minimum atomic E-state index is -0.426. The summed E-state index contributed by atoms with van der Waals surface area (Å²) < 4.78 is 4.59. The van der Waals surface area contributed by atoms with Crippen LogP contribution in [0.3, 0.4) is 0 Å². The Labute approximate surface area is 158 Å². The van der Waals surface area contributed by atoms with Crippen LogP contribution in [0.5, 0.6) is 0 Å². The highest BCUT2D eigenvalue weighted by Crippen LogP contribution is 2.26. The fourth-order valence-electron chi connectivity index (χ4n) is 3.28. The molecular weight excluding hydrogens is 348 g/mol. The van der Waals surface area contributed by atoms with Gasteiger partial charge in [0.15, 0.2) is 0 Å². The van der Waals surface area contributed by atoms with Crippen molar-refractivity contribution in [2.24, 2.45) is 0 Å². The van der Waals surface area contributed by atoms with Crippen LogP contribution in [-0.4, -0.2) is 43.0 Å². The first-order valence-electron chi connectivity index (χ1n) is 8.89. The summed E-state index contributed by atoms with van der Waals surface area (Å²) in [4.78, 5) is 27.2.